The number of phenols is 1. The lowest BCUT2D eigenvalue weighted by Gasteiger charge is -2.05. The highest BCUT2D eigenvalue weighted by atomic mass is 19.1. The number of halogens is 1. The van der Waals surface area contributed by atoms with Crippen LogP contribution in [0.15, 0.2) is 18.2 Å². The molecule has 0 spiro atoms. The van der Waals surface area contributed by atoms with Crippen LogP contribution in [0.1, 0.15) is 11.7 Å². The molecule has 1 aromatic rings. The van der Waals surface area contributed by atoms with Crippen LogP contribution in [-0.2, 0) is 0 Å². The van der Waals surface area contributed by atoms with Gasteiger partial charge in [-0.3, -0.25) is 10.1 Å². The minimum absolute atomic E-state index is 0.0944. The molecule has 76 valence electrons. The number of benzene rings is 1. The summed E-state index contributed by atoms with van der Waals surface area (Å²) in [5.74, 6) is -0.483. The number of phenolic OH excluding ortho intramolecular Hbond substituents is 1. The van der Waals surface area contributed by atoms with Gasteiger partial charge < -0.3 is 10.8 Å². The molecule has 0 amide bonds. The molecular formula is C8H9FN2O3. The molecule has 0 aliphatic heterocycles. The lowest BCUT2D eigenvalue weighted by Crippen LogP contribution is -2.07. The summed E-state index contributed by atoms with van der Waals surface area (Å²) in [5.41, 5.74) is 4.64. The first-order chi connectivity index (χ1) is 6.56. The molecule has 1 atom stereocenters. The van der Waals surface area contributed by atoms with Crippen LogP contribution < -0.4 is 5.73 Å². The van der Waals surface area contributed by atoms with Gasteiger partial charge in [0.05, 0.1) is 4.92 Å². The molecule has 0 aliphatic rings. The van der Waals surface area contributed by atoms with Gasteiger partial charge in [-0.25, -0.2) is 4.39 Å². The monoisotopic (exact) mass is 200 g/mol. The Bertz CT molecular complexity index is 356. The summed E-state index contributed by atoms with van der Waals surface area (Å²) < 4.78 is 13.0. The highest BCUT2D eigenvalue weighted by Gasteiger charge is 2.17. The van der Waals surface area contributed by atoms with E-state index in [0.717, 1.165) is 12.1 Å². The first-order valence-corrected chi connectivity index (χ1v) is 3.87. The topological polar surface area (TPSA) is 89.4 Å². The van der Waals surface area contributed by atoms with Gasteiger partial charge in [0.15, 0.2) is 5.75 Å². The summed E-state index contributed by atoms with van der Waals surface area (Å²) in [6.07, 6.45) is -1.45. The van der Waals surface area contributed by atoms with Crippen molar-refractivity contribution in [3.8, 4) is 5.75 Å². The van der Waals surface area contributed by atoms with E-state index in [0.29, 0.717) is 0 Å². The molecule has 0 saturated carbocycles. The van der Waals surface area contributed by atoms with Crippen LogP contribution in [-0.4, -0.2) is 16.6 Å². The Hall–Kier alpha value is -1.69. The Morgan fingerprint density at radius 2 is 2.29 bits per heavy atom. The van der Waals surface area contributed by atoms with Crippen molar-refractivity contribution >= 4 is 5.69 Å². The fourth-order valence-electron chi connectivity index (χ4n) is 1.02. The third-order valence-electron chi connectivity index (χ3n) is 1.76. The fraction of sp³-hybridized carbons (Fsp3) is 0.250. The van der Waals surface area contributed by atoms with Gasteiger partial charge in [0.25, 0.3) is 0 Å². The third kappa shape index (κ3) is 1.97. The highest BCUT2D eigenvalue weighted by Crippen LogP contribution is 2.29. The zero-order valence-electron chi connectivity index (χ0n) is 7.18. The van der Waals surface area contributed by atoms with Gasteiger partial charge in [-0.1, -0.05) is 6.07 Å². The van der Waals surface area contributed by atoms with E-state index in [2.05, 4.69) is 0 Å². The molecule has 5 nitrogen and oxygen atoms in total. The van der Waals surface area contributed by atoms with E-state index in [1.54, 1.807) is 0 Å². The smallest absolute Gasteiger partial charge is 0.311 e. The SMILES string of the molecule is NCC(F)c1ccc(O)c([N+](=O)[O-])c1. The van der Waals surface area contributed by atoms with Gasteiger partial charge in [-0.2, -0.15) is 0 Å². The van der Waals surface area contributed by atoms with Crippen LogP contribution in [0.4, 0.5) is 10.1 Å². The fourth-order valence-corrected chi connectivity index (χ4v) is 1.02. The Morgan fingerprint density at radius 1 is 1.64 bits per heavy atom. The van der Waals surface area contributed by atoms with Crippen molar-refractivity contribution in [1.29, 1.82) is 0 Å². The van der Waals surface area contributed by atoms with E-state index in [1.807, 2.05) is 0 Å². The quantitative estimate of drug-likeness (QED) is 0.567. The molecule has 1 aromatic carbocycles. The molecule has 14 heavy (non-hydrogen) atoms. The largest absolute Gasteiger partial charge is 0.502 e. The summed E-state index contributed by atoms with van der Waals surface area (Å²) in [4.78, 5) is 9.60. The molecule has 1 rings (SSSR count). The van der Waals surface area contributed by atoms with Gasteiger partial charge in [-0.15, -0.1) is 0 Å². The zero-order valence-corrected chi connectivity index (χ0v) is 7.18. The van der Waals surface area contributed by atoms with Crippen molar-refractivity contribution < 1.29 is 14.4 Å². The van der Waals surface area contributed by atoms with E-state index in [-0.39, 0.29) is 12.1 Å². The molecule has 0 fully saturated rings. The number of nitro groups is 1. The Kier molecular flexibility index (Phi) is 2.98. The lowest BCUT2D eigenvalue weighted by atomic mass is 10.1. The minimum atomic E-state index is -1.45. The standard InChI is InChI=1S/C8H9FN2O3/c9-6(4-10)5-1-2-8(12)7(3-5)11(13)14/h1-3,6,12H,4,10H2. The molecule has 0 radical (unpaired) electrons. The zero-order chi connectivity index (χ0) is 10.7. The second kappa shape index (κ2) is 4.01. The summed E-state index contributed by atoms with van der Waals surface area (Å²) in [5, 5.41) is 19.4. The number of alkyl halides is 1. The van der Waals surface area contributed by atoms with Gasteiger partial charge in [0, 0.05) is 12.6 Å². The number of aromatic hydroxyl groups is 1. The Labute approximate surface area is 79.1 Å². The van der Waals surface area contributed by atoms with Crippen LogP contribution in [0.25, 0.3) is 0 Å². The normalized spacial score (nSPS) is 12.4. The van der Waals surface area contributed by atoms with Crippen molar-refractivity contribution in [2.75, 3.05) is 6.54 Å². The van der Waals surface area contributed by atoms with Crippen molar-refractivity contribution in [3.63, 3.8) is 0 Å². The predicted octanol–water partition coefficient (Wildman–Crippen LogP) is 1.27. The van der Waals surface area contributed by atoms with Crippen molar-refractivity contribution in [2.45, 2.75) is 6.17 Å². The van der Waals surface area contributed by atoms with Crippen LogP contribution in [0, 0.1) is 10.1 Å². The molecular weight excluding hydrogens is 191 g/mol. The molecule has 6 heteroatoms. The maximum Gasteiger partial charge on any atom is 0.311 e. The third-order valence-corrected chi connectivity index (χ3v) is 1.76. The first kappa shape index (κ1) is 10.4. The number of nitrogens with zero attached hydrogens (tertiary/aromatic N) is 1. The van der Waals surface area contributed by atoms with E-state index >= 15 is 0 Å². The van der Waals surface area contributed by atoms with E-state index in [9.17, 15) is 14.5 Å². The predicted molar refractivity (Wildman–Crippen MR) is 47.7 cm³/mol. The summed E-state index contributed by atoms with van der Waals surface area (Å²) in [6, 6.07) is 3.32. The first-order valence-electron chi connectivity index (χ1n) is 3.87. The van der Waals surface area contributed by atoms with Crippen LogP contribution in [0.3, 0.4) is 0 Å². The van der Waals surface area contributed by atoms with E-state index in [1.165, 1.54) is 6.07 Å². The summed E-state index contributed by atoms with van der Waals surface area (Å²) in [7, 11) is 0. The van der Waals surface area contributed by atoms with Crippen molar-refractivity contribution in [2.24, 2.45) is 5.73 Å². The molecule has 3 N–H and O–H groups in total. The van der Waals surface area contributed by atoms with Crippen molar-refractivity contribution in [1.82, 2.24) is 0 Å². The molecule has 0 saturated heterocycles. The van der Waals surface area contributed by atoms with Gasteiger partial charge in [-0.05, 0) is 11.6 Å². The summed E-state index contributed by atoms with van der Waals surface area (Å²) in [6.45, 7) is -0.248. The van der Waals surface area contributed by atoms with E-state index < -0.39 is 22.5 Å². The van der Waals surface area contributed by atoms with Gasteiger partial charge in [0.1, 0.15) is 6.17 Å². The molecule has 0 bridgehead atoms. The lowest BCUT2D eigenvalue weighted by molar-refractivity contribution is -0.386. The van der Waals surface area contributed by atoms with E-state index in [4.69, 9.17) is 10.8 Å². The number of nitrogens with two attached hydrogens (primary N) is 1. The second-order valence-electron chi connectivity index (χ2n) is 2.71. The Morgan fingerprint density at radius 3 is 2.79 bits per heavy atom. The average molecular weight is 200 g/mol. The van der Waals surface area contributed by atoms with Crippen LogP contribution in [0.5, 0.6) is 5.75 Å². The number of rotatable bonds is 3. The van der Waals surface area contributed by atoms with Crippen LogP contribution >= 0.6 is 0 Å². The van der Waals surface area contributed by atoms with Gasteiger partial charge in [0.2, 0.25) is 0 Å². The maximum atomic E-state index is 13.0. The number of hydrogen-bond acceptors (Lipinski definition) is 4. The average Bonchev–Trinajstić information content (AvgIpc) is 2.17. The molecule has 0 heterocycles. The maximum absolute atomic E-state index is 13.0. The Balaban J connectivity index is 3.12. The molecule has 1 unspecified atom stereocenters. The molecule has 0 aromatic heterocycles. The summed E-state index contributed by atoms with van der Waals surface area (Å²) >= 11 is 0. The highest BCUT2D eigenvalue weighted by molar-refractivity contribution is 5.48. The van der Waals surface area contributed by atoms with Gasteiger partial charge >= 0.3 is 5.69 Å². The van der Waals surface area contributed by atoms with Crippen molar-refractivity contribution in [3.05, 3.63) is 33.9 Å². The van der Waals surface area contributed by atoms with Crippen LogP contribution in [0.2, 0.25) is 0 Å². The second-order valence-corrected chi connectivity index (χ2v) is 2.71. The number of hydrogen-bond donors (Lipinski definition) is 2. The molecule has 0 aliphatic carbocycles. The number of nitro benzene ring substituents is 1. The minimum Gasteiger partial charge on any atom is -0.502 e.